The van der Waals surface area contributed by atoms with Crippen molar-refractivity contribution < 1.29 is 34.8 Å². The molecule has 0 saturated heterocycles. The molecular formula is C32H28ClN3O7. The van der Waals surface area contributed by atoms with Crippen LogP contribution in [0, 0.1) is 11.8 Å². The van der Waals surface area contributed by atoms with Crippen LogP contribution >= 0.6 is 11.6 Å². The summed E-state index contributed by atoms with van der Waals surface area (Å²) >= 11 is 6.32. The highest BCUT2D eigenvalue weighted by Crippen LogP contribution is 2.53. The van der Waals surface area contributed by atoms with Crippen molar-refractivity contribution >= 4 is 34.8 Å². The number of halogens is 1. The number of pyridine rings is 1. The van der Waals surface area contributed by atoms with Gasteiger partial charge in [0, 0.05) is 29.4 Å². The number of carbonyl (C=O) groups is 3. The molecule has 4 atom stereocenters. The molecule has 11 heteroatoms. The molecule has 3 aliphatic rings. The Balaban J connectivity index is 1.49. The lowest BCUT2D eigenvalue weighted by Crippen LogP contribution is -2.65. The van der Waals surface area contributed by atoms with Gasteiger partial charge in [-0.15, -0.1) is 0 Å². The summed E-state index contributed by atoms with van der Waals surface area (Å²) in [6.45, 7) is 0. The summed E-state index contributed by atoms with van der Waals surface area (Å²) < 4.78 is 0. The van der Waals surface area contributed by atoms with Crippen molar-refractivity contribution in [2.24, 2.45) is 17.6 Å². The molecule has 1 heterocycles. The Morgan fingerprint density at radius 2 is 1.67 bits per heavy atom. The number of aromatic hydroxyl groups is 1. The molecular weight excluding hydrogens is 574 g/mol. The minimum absolute atomic E-state index is 0.0142. The van der Waals surface area contributed by atoms with Gasteiger partial charge in [-0.1, -0.05) is 41.9 Å². The van der Waals surface area contributed by atoms with Gasteiger partial charge in [0.25, 0.3) is 5.91 Å². The van der Waals surface area contributed by atoms with E-state index in [4.69, 9.17) is 17.3 Å². The molecule has 2 aromatic carbocycles. The molecule has 6 N–H and O–H groups in total. The highest BCUT2D eigenvalue weighted by atomic mass is 35.5. The summed E-state index contributed by atoms with van der Waals surface area (Å²) in [5.74, 6) is -6.84. The second-order valence-corrected chi connectivity index (χ2v) is 11.8. The van der Waals surface area contributed by atoms with Crippen molar-refractivity contribution in [1.82, 2.24) is 9.88 Å². The molecule has 0 radical (unpaired) electrons. The molecule has 1 amide bonds. The SMILES string of the molecule is CN(C)C1C(=O)C(C(N)=O)=C(O)C2(O)C(=O)C3=C(O)c4c(O)ccc(-c5ccc(-c6ccncc6Cl)cc5)c4CC3CC12. The van der Waals surface area contributed by atoms with Gasteiger partial charge < -0.3 is 26.2 Å². The van der Waals surface area contributed by atoms with Gasteiger partial charge in [0.05, 0.1) is 16.6 Å². The normalized spacial score (nSPS) is 25.0. The van der Waals surface area contributed by atoms with Crippen LogP contribution in [0.4, 0.5) is 0 Å². The molecule has 1 aromatic heterocycles. The van der Waals surface area contributed by atoms with E-state index < -0.39 is 58.0 Å². The van der Waals surface area contributed by atoms with Crippen LogP contribution in [0.1, 0.15) is 17.5 Å². The van der Waals surface area contributed by atoms with E-state index in [1.807, 2.05) is 30.3 Å². The highest BCUT2D eigenvalue weighted by Gasteiger charge is 2.64. The number of primary amides is 1. The monoisotopic (exact) mass is 601 g/mol. The first-order valence-electron chi connectivity index (χ1n) is 13.6. The van der Waals surface area contributed by atoms with Crippen molar-refractivity contribution in [2.45, 2.75) is 24.5 Å². The number of phenols is 1. The van der Waals surface area contributed by atoms with Crippen LogP contribution in [0.15, 0.2) is 71.8 Å². The van der Waals surface area contributed by atoms with Gasteiger partial charge >= 0.3 is 0 Å². The maximum absolute atomic E-state index is 14.0. The highest BCUT2D eigenvalue weighted by molar-refractivity contribution is 6.33. The van der Waals surface area contributed by atoms with Crippen molar-refractivity contribution in [3.05, 3.63) is 87.9 Å². The molecule has 1 fully saturated rings. The number of amides is 1. The van der Waals surface area contributed by atoms with Crippen LogP contribution in [0.3, 0.4) is 0 Å². The Morgan fingerprint density at radius 1 is 1.02 bits per heavy atom. The number of aliphatic hydroxyl groups is 3. The van der Waals surface area contributed by atoms with E-state index in [1.165, 1.54) is 11.0 Å². The van der Waals surface area contributed by atoms with Crippen LogP contribution in [0.5, 0.6) is 5.75 Å². The zero-order valence-corrected chi connectivity index (χ0v) is 24.0. The van der Waals surface area contributed by atoms with Crippen molar-refractivity contribution in [3.8, 4) is 28.0 Å². The fourth-order valence-corrected chi connectivity index (χ4v) is 7.18. The number of fused-ring (bicyclic) bond motifs is 3. The first-order chi connectivity index (χ1) is 20.4. The number of hydrogen-bond acceptors (Lipinski definition) is 9. The van der Waals surface area contributed by atoms with Crippen LogP contribution < -0.4 is 5.73 Å². The molecule has 4 unspecified atom stereocenters. The number of benzene rings is 2. The van der Waals surface area contributed by atoms with Crippen LogP contribution in [0.25, 0.3) is 28.0 Å². The quantitative estimate of drug-likeness (QED) is 0.281. The maximum atomic E-state index is 14.0. The Kier molecular flexibility index (Phi) is 6.68. The number of hydrogen-bond donors (Lipinski definition) is 5. The zero-order valence-electron chi connectivity index (χ0n) is 23.2. The van der Waals surface area contributed by atoms with Gasteiger partial charge in [0.1, 0.15) is 22.8 Å². The Morgan fingerprint density at radius 3 is 2.28 bits per heavy atom. The summed E-state index contributed by atoms with van der Waals surface area (Å²) in [5, 5.41) is 45.6. The Hall–Kier alpha value is -4.51. The van der Waals surface area contributed by atoms with Crippen molar-refractivity contribution in [3.63, 3.8) is 0 Å². The number of ketones is 2. The molecule has 1 saturated carbocycles. The third-order valence-corrected chi connectivity index (χ3v) is 9.18. The molecule has 3 aromatic rings. The molecule has 3 aliphatic carbocycles. The zero-order chi connectivity index (χ0) is 31.0. The molecule has 0 spiro atoms. The smallest absolute Gasteiger partial charge is 0.255 e. The van der Waals surface area contributed by atoms with Gasteiger partial charge in [-0.25, -0.2) is 0 Å². The first kappa shape index (κ1) is 28.6. The number of aliphatic hydroxyl groups excluding tert-OH is 2. The maximum Gasteiger partial charge on any atom is 0.255 e. The number of nitrogens with zero attached hydrogens (tertiary/aromatic N) is 2. The number of likely N-dealkylation sites (N-methyl/N-ethyl adjacent to an activating group) is 1. The van der Waals surface area contributed by atoms with E-state index in [0.29, 0.717) is 16.1 Å². The van der Waals surface area contributed by atoms with Crippen LogP contribution in [0.2, 0.25) is 5.02 Å². The summed E-state index contributed by atoms with van der Waals surface area (Å²) in [7, 11) is 3.12. The van der Waals surface area contributed by atoms with E-state index in [-0.39, 0.29) is 29.7 Å². The standard InChI is InChI=1S/C32H28ClN3O7/c1-36(2)26-20-12-16-11-19-17(14-3-5-15(6-4-14)18-9-10-35-13-21(18)33)7-8-22(37)24(19)27(38)23(16)29(40)32(20,43)30(41)25(28(26)39)31(34)42/h3-10,13,16,20,26,37-38,41,43H,11-12H2,1-2H3,(H2,34,42). The Bertz CT molecular complexity index is 1800. The first-order valence-corrected chi connectivity index (χ1v) is 14.0. The van der Waals surface area contributed by atoms with Gasteiger partial charge in [0.15, 0.2) is 11.4 Å². The topological polar surface area (TPSA) is 174 Å². The van der Waals surface area contributed by atoms with E-state index in [2.05, 4.69) is 4.98 Å². The average molecular weight is 602 g/mol. The predicted octanol–water partition coefficient (Wildman–Crippen LogP) is 3.35. The molecule has 0 bridgehead atoms. The van der Waals surface area contributed by atoms with E-state index in [1.54, 1.807) is 32.6 Å². The van der Waals surface area contributed by atoms with Gasteiger partial charge in [0.2, 0.25) is 5.78 Å². The third kappa shape index (κ3) is 4.09. The molecule has 43 heavy (non-hydrogen) atoms. The number of rotatable bonds is 4. The summed E-state index contributed by atoms with van der Waals surface area (Å²) in [6.07, 6.45) is 3.41. The molecule has 220 valence electrons. The number of nitrogens with two attached hydrogens (primary N) is 1. The minimum Gasteiger partial charge on any atom is -0.508 e. The minimum atomic E-state index is -2.68. The largest absolute Gasteiger partial charge is 0.508 e. The summed E-state index contributed by atoms with van der Waals surface area (Å²) in [6, 6.07) is 11.4. The lowest BCUT2D eigenvalue weighted by atomic mass is 9.57. The fraction of sp³-hybridized carbons (Fsp3) is 0.250. The van der Waals surface area contributed by atoms with E-state index in [0.717, 1.165) is 16.7 Å². The molecule has 0 aliphatic heterocycles. The fourth-order valence-electron chi connectivity index (χ4n) is 6.95. The van der Waals surface area contributed by atoms with Gasteiger partial charge in [-0.05, 0) is 67.2 Å². The van der Waals surface area contributed by atoms with Crippen molar-refractivity contribution in [2.75, 3.05) is 14.1 Å². The lowest BCUT2D eigenvalue weighted by molar-refractivity contribution is -0.153. The van der Waals surface area contributed by atoms with E-state index >= 15 is 0 Å². The van der Waals surface area contributed by atoms with Gasteiger partial charge in [-0.2, -0.15) is 0 Å². The summed E-state index contributed by atoms with van der Waals surface area (Å²) in [5.41, 5.74) is 5.45. The summed E-state index contributed by atoms with van der Waals surface area (Å²) in [4.78, 5) is 44.9. The average Bonchev–Trinajstić information content (AvgIpc) is 2.95. The predicted molar refractivity (Wildman–Crippen MR) is 158 cm³/mol. The lowest BCUT2D eigenvalue weighted by Gasteiger charge is -2.50. The number of Topliss-reactive ketones (excluding diaryl/α,β-unsaturated/α-hetero) is 2. The van der Waals surface area contributed by atoms with Crippen LogP contribution in [-0.4, -0.2) is 73.5 Å². The van der Waals surface area contributed by atoms with E-state index in [9.17, 15) is 34.8 Å². The number of phenolic OH excluding ortho intramolecular Hbond substituents is 1. The second kappa shape index (κ2) is 10.0. The van der Waals surface area contributed by atoms with Crippen molar-refractivity contribution in [1.29, 1.82) is 0 Å². The number of aromatic nitrogens is 1. The van der Waals surface area contributed by atoms with Crippen LogP contribution in [-0.2, 0) is 20.8 Å². The third-order valence-electron chi connectivity index (χ3n) is 8.88. The second-order valence-electron chi connectivity index (χ2n) is 11.4. The molecule has 10 nitrogen and oxygen atoms in total. The molecule has 6 rings (SSSR count). The van der Waals surface area contributed by atoms with Gasteiger partial charge in [-0.3, -0.25) is 24.3 Å². The number of carbonyl (C=O) groups excluding carboxylic acids is 3. The Labute approximate surface area is 251 Å².